The summed E-state index contributed by atoms with van der Waals surface area (Å²) < 4.78 is 5.43. The summed E-state index contributed by atoms with van der Waals surface area (Å²) in [6, 6.07) is 11.3. The average molecular weight is 327 g/mol. The first kappa shape index (κ1) is 17.0. The van der Waals surface area contributed by atoms with Crippen molar-refractivity contribution in [1.82, 2.24) is 0 Å². The number of hydrogen-bond donors (Lipinski definition) is 3. The Labute approximate surface area is 138 Å². The van der Waals surface area contributed by atoms with Gasteiger partial charge in [-0.15, -0.1) is 0 Å². The first-order valence-corrected chi connectivity index (χ1v) is 7.10. The number of para-hydroxylation sites is 1. The van der Waals surface area contributed by atoms with E-state index in [1.54, 1.807) is 12.1 Å². The molecule has 24 heavy (non-hydrogen) atoms. The molecule has 5 N–H and O–H groups in total. The number of rotatable bonds is 6. The van der Waals surface area contributed by atoms with Crippen LogP contribution in [0.3, 0.4) is 0 Å². The number of carbonyl (C=O) groups excluding carboxylic acids is 3. The fraction of sp³-hybridized carbons (Fsp3) is 0.118. The molecule has 2 aromatic rings. The molecule has 124 valence electrons. The van der Waals surface area contributed by atoms with Gasteiger partial charge in [0.1, 0.15) is 5.75 Å². The van der Waals surface area contributed by atoms with Crippen LogP contribution >= 0.6 is 0 Å². The van der Waals surface area contributed by atoms with Gasteiger partial charge in [0.15, 0.2) is 6.61 Å². The number of hydrogen-bond acceptors (Lipinski definition) is 4. The van der Waals surface area contributed by atoms with Crippen molar-refractivity contribution in [3.8, 4) is 5.75 Å². The van der Waals surface area contributed by atoms with Crippen LogP contribution in [0.1, 0.15) is 26.3 Å². The summed E-state index contributed by atoms with van der Waals surface area (Å²) in [4.78, 5) is 34.6. The second kappa shape index (κ2) is 7.28. The van der Waals surface area contributed by atoms with Gasteiger partial charge in [-0.05, 0) is 36.8 Å². The lowest BCUT2D eigenvalue weighted by Crippen LogP contribution is -2.22. The van der Waals surface area contributed by atoms with Gasteiger partial charge in [0, 0.05) is 16.8 Å². The van der Waals surface area contributed by atoms with E-state index >= 15 is 0 Å². The van der Waals surface area contributed by atoms with E-state index in [2.05, 4.69) is 5.32 Å². The molecule has 0 heterocycles. The summed E-state index contributed by atoms with van der Waals surface area (Å²) in [6.45, 7) is 1.64. The van der Waals surface area contributed by atoms with Crippen molar-refractivity contribution in [3.05, 3.63) is 59.2 Å². The summed E-state index contributed by atoms with van der Waals surface area (Å²) in [7, 11) is 0. The Morgan fingerprint density at radius 3 is 2.12 bits per heavy atom. The molecule has 0 aliphatic carbocycles. The molecule has 7 heteroatoms. The number of anilines is 1. The predicted molar refractivity (Wildman–Crippen MR) is 88.8 cm³/mol. The second-order valence-corrected chi connectivity index (χ2v) is 5.13. The third kappa shape index (κ3) is 4.33. The van der Waals surface area contributed by atoms with Gasteiger partial charge in [-0.25, -0.2) is 0 Å². The van der Waals surface area contributed by atoms with Gasteiger partial charge in [-0.1, -0.05) is 18.2 Å². The molecule has 0 fully saturated rings. The van der Waals surface area contributed by atoms with Gasteiger partial charge in [0.2, 0.25) is 11.8 Å². The Morgan fingerprint density at radius 2 is 1.58 bits per heavy atom. The summed E-state index contributed by atoms with van der Waals surface area (Å²) >= 11 is 0. The first-order chi connectivity index (χ1) is 11.4. The fourth-order valence-electron chi connectivity index (χ4n) is 2.04. The molecular formula is C17H17N3O4. The number of ether oxygens (including phenoxy) is 1. The predicted octanol–water partition coefficient (Wildman–Crippen LogP) is 1.21. The minimum absolute atomic E-state index is 0.0708. The first-order valence-electron chi connectivity index (χ1n) is 7.10. The van der Waals surface area contributed by atoms with Crippen molar-refractivity contribution in [2.24, 2.45) is 11.5 Å². The maximum Gasteiger partial charge on any atom is 0.262 e. The van der Waals surface area contributed by atoms with Gasteiger partial charge in [-0.3, -0.25) is 14.4 Å². The van der Waals surface area contributed by atoms with E-state index in [0.29, 0.717) is 5.75 Å². The van der Waals surface area contributed by atoms with Crippen LogP contribution in [-0.2, 0) is 4.79 Å². The number of nitrogens with two attached hydrogens (primary N) is 2. The second-order valence-electron chi connectivity index (χ2n) is 5.13. The summed E-state index contributed by atoms with van der Waals surface area (Å²) in [6.07, 6.45) is 0. The molecule has 0 unspecified atom stereocenters. The summed E-state index contributed by atoms with van der Waals surface area (Å²) in [5.41, 5.74) is 11.7. The van der Waals surface area contributed by atoms with Crippen LogP contribution in [0.2, 0.25) is 0 Å². The maximum atomic E-state index is 12.0. The highest BCUT2D eigenvalue weighted by atomic mass is 16.5. The van der Waals surface area contributed by atoms with E-state index in [1.165, 1.54) is 18.2 Å². The molecule has 2 aromatic carbocycles. The lowest BCUT2D eigenvalue weighted by Gasteiger charge is -2.10. The molecule has 0 atom stereocenters. The largest absolute Gasteiger partial charge is 0.483 e. The topological polar surface area (TPSA) is 125 Å². The van der Waals surface area contributed by atoms with Crippen LogP contribution < -0.4 is 21.5 Å². The fourth-order valence-corrected chi connectivity index (χ4v) is 2.04. The zero-order chi connectivity index (χ0) is 17.7. The SMILES string of the molecule is Cc1ccccc1OCC(=O)Nc1cc(C(N)=O)cc(C(N)=O)c1. The van der Waals surface area contributed by atoms with Crippen LogP contribution in [-0.4, -0.2) is 24.3 Å². The smallest absolute Gasteiger partial charge is 0.262 e. The van der Waals surface area contributed by atoms with E-state index in [1.807, 2.05) is 19.1 Å². The molecule has 0 spiro atoms. The molecule has 0 aliphatic rings. The number of aryl methyl sites for hydroxylation is 1. The molecule has 0 aromatic heterocycles. The minimum atomic E-state index is -0.732. The van der Waals surface area contributed by atoms with E-state index in [0.717, 1.165) is 5.56 Å². The summed E-state index contributed by atoms with van der Waals surface area (Å²) in [5, 5.41) is 2.54. The van der Waals surface area contributed by atoms with Crippen molar-refractivity contribution in [2.75, 3.05) is 11.9 Å². The van der Waals surface area contributed by atoms with Gasteiger partial charge < -0.3 is 21.5 Å². The number of carbonyl (C=O) groups is 3. The molecule has 0 radical (unpaired) electrons. The normalized spacial score (nSPS) is 10.0. The number of amides is 3. The zero-order valence-electron chi connectivity index (χ0n) is 13.0. The Bertz CT molecular complexity index is 770. The monoisotopic (exact) mass is 327 g/mol. The standard InChI is InChI=1S/C17H17N3O4/c1-10-4-2-3-5-14(10)24-9-15(21)20-13-7-11(16(18)22)6-12(8-13)17(19)23/h2-8H,9H2,1H3,(H2,18,22)(H2,19,23)(H,20,21). The molecule has 2 rings (SSSR count). The lowest BCUT2D eigenvalue weighted by molar-refractivity contribution is -0.118. The van der Waals surface area contributed by atoms with Crippen LogP contribution in [0.25, 0.3) is 0 Å². The highest BCUT2D eigenvalue weighted by Gasteiger charge is 2.11. The number of nitrogens with one attached hydrogen (secondary N) is 1. The van der Waals surface area contributed by atoms with Gasteiger partial charge >= 0.3 is 0 Å². The molecule has 0 bridgehead atoms. The van der Waals surface area contributed by atoms with Crippen molar-refractivity contribution in [1.29, 1.82) is 0 Å². The zero-order valence-corrected chi connectivity index (χ0v) is 13.0. The third-order valence-electron chi connectivity index (χ3n) is 3.24. The van der Waals surface area contributed by atoms with Crippen LogP contribution in [0, 0.1) is 6.92 Å². The molecule has 3 amide bonds. The highest BCUT2D eigenvalue weighted by Crippen LogP contribution is 2.17. The Hall–Kier alpha value is -3.35. The van der Waals surface area contributed by atoms with Crippen LogP contribution in [0.5, 0.6) is 5.75 Å². The van der Waals surface area contributed by atoms with E-state index in [-0.39, 0.29) is 23.4 Å². The molecular weight excluding hydrogens is 310 g/mol. The van der Waals surface area contributed by atoms with E-state index in [9.17, 15) is 14.4 Å². The van der Waals surface area contributed by atoms with Crippen molar-refractivity contribution in [3.63, 3.8) is 0 Å². The lowest BCUT2D eigenvalue weighted by atomic mass is 10.1. The summed E-state index contributed by atoms with van der Waals surface area (Å²) in [5.74, 6) is -1.32. The van der Waals surface area contributed by atoms with Crippen LogP contribution in [0.4, 0.5) is 5.69 Å². The minimum Gasteiger partial charge on any atom is -0.483 e. The quantitative estimate of drug-likeness (QED) is 0.737. The van der Waals surface area contributed by atoms with Gasteiger partial charge in [0.05, 0.1) is 0 Å². The van der Waals surface area contributed by atoms with E-state index < -0.39 is 17.7 Å². The number of primary amides is 2. The molecule has 0 saturated carbocycles. The van der Waals surface area contributed by atoms with E-state index in [4.69, 9.17) is 16.2 Å². The third-order valence-corrected chi connectivity index (χ3v) is 3.24. The Kier molecular flexibility index (Phi) is 5.16. The maximum absolute atomic E-state index is 12.0. The van der Waals surface area contributed by atoms with Crippen molar-refractivity contribution >= 4 is 23.4 Å². The van der Waals surface area contributed by atoms with Gasteiger partial charge in [-0.2, -0.15) is 0 Å². The number of benzene rings is 2. The van der Waals surface area contributed by atoms with Gasteiger partial charge in [0.25, 0.3) is 5.91 Å². The molecule has 0 aliphatic heterocycles. The highest BCUT2D eigenvalue weighted by molar-refractivity contribution is 6.01. The van der Waals surface area contributed by atoms with Crippen LogP contribution in [0.15, 0.2) is 42.5 Å². The van der Waals surface area contributed by atoms with Crippen molar-refractivity contribution in [2.45, 2.75) is 6.92 Å². The average Bonchev–Trinajstić information content (AvgIpc) is 2.53. The molecule has 7 nitrogen and oxygen atoms in total. The van der Waals surface area contributed by atoms with Crippen molar-refractivity contribution < 1.29 is 19.1 Å². The Balaban J connectivity index is 2.09. The Morgan fingerprint density at radius 1 is 1.00 bits per heavy atom. The molecule has 0 saturated heterocycles.